The van der Waals surface area contributed by atoms with Crippen LogP contribution >= 0.6 is 0 Å². The van der Waals surface area contributed by atoms with Gasteiger partial charge >= 0.3 is 6.18 Å². The van der Waals surface area contributed by atoms with Crippen LogP contribution in [-0.4, -0.2) is 44.1 Å². The summed E-state index contributed by atoms with van der Waals surface area (Å²) >= 11 is 0. The standard InChI is InChI=1S/C28H33F4NO2/c1-19-15-24-22-10-6-5-9-20(22)16-25(24)27(33(19)18-28(30,31)32)23-12-11-21(17-26(23)34-2)35-14-8-4-3-7-13-29/h5-6,9-12,17,19,27H,3-4,7-8,13-16,18H2,1-2H3/t19-,27-/m1/s1. The van der Waals surface area contributed by atoms with Gasteiger partial charge < -0.3 is 9.47 Å². The molecule has 7 heteroatoms. The molecule has 0 saturated heterocycles. The molecule has 2 atom stereocenters. The molecule has 0 saturated carbocycles. The molecule has 0 bridgehead atoms. The van der Waals surface area contributed by atoms with Crippen LogP contribution in [0, 0.1) is 0 Å². The zero-order chi connectivity index (χ0) is 25.0. The first-order valence-corrected chi connectivity index (χ1v) is 12.3. The van der Waals surface area contributed by atoms with Gasteiger partial charge in [0.2, 0.25) is 0 Å². The predicted octanol–water partition coefficient (Wildman–Crippen LogP) is 7.31. The lowest BCUT2D eigenvalue weighted by Crippen LogP contribution is -2.46. The van der Waals surface area contributed by atoms with E-state index < -0.39 is 18.8 Å². The number of hydrogen-bond donors (Lipinski definition) is 0. The monoisotopic (exact) mass is 491 g/mol. The summed E-state index contributed by atoms with van der Waals surface area (Å²) in [5.74, 6) is 1.14. The third kappa shape index (κ3) is 5.83. The van der Waals surface area contributed by atoms with Crippen molar-refractivity contribution in [2.45, 2.75) is 63.7 Å². The number of nitrogens with zero attached hydrogens (tertiary/aromatic N) is 1. The van der Waals surface area contributed by atoms with Crippen molar-refractivity contribution in [2.75, 3.05) is 26.9 Å². The predicted molar refractivity (Wildman–Crippen MR) is 130 cm³/mol. The van der Waals surface area contributed by atoms with E-state index in [1.165, 1.54) is 0 Å². The van der Waals surface area contributed by atoms with Crippen LogP contribution in [-0.2, 0) is 6.42 Å². The van der Waals surface area contributed by atoms with Gasteiger partial charge in [0.25, 0.3) is 0 Å². The first-order valence-electron chi connectivity index (χ1n) is 12.3. The fourth-order valence-corrected chi connectivity index (χ4v) is 5.39. The maximum absolute atomic E-state index is 13.7. The number of alkyl halides is 4. The van der Waals surface area contributed by atoms with E-state index in [2.05, 4.69) is 12.1 Å². The topological polar surface area (TPSA) is 21.7 Å². The second kappa shape index (κ2) is 11.0. The van der Waals surface area contributed by atoms with Crippen LogP contribution in [0.1, 0.15) is 61.8 Å². The molecule has 0 aromatic heterocycles. The van der Waals surface area contributed by atoms with Crippen molar-refractivity contribution in [2.24, 2.45) is 0 Å². The fraction of sp³-hybridized carbons (Fsp3) is 0.500. The summed E-state index contributed by atoms with van der Waals surface area (Å²) in [5.41, 5.74) is 5.22. The molecule has 0 spiro atoms. The fourth-order valence-electron chi connectivity index (χ4n) is 5.39. The Kier molecular flexibility index (Phi) is 8.05. The molecule has 35 heavy (non-hydrogen) atoms. The van der Waals surface area contributed by atoms with Crippen molar-refractivity contribution in [1.29, 1.82) is 0 Å². The van der Waals surface area contributed by atoms with Gasteiger partial charge in [-0.2, -0.15) is 13.2 Å². The largest absolute Gasteiger partial charge is 0.496 e. The van der Waals surface area contributed by atoms with Crippen molar-refractivity contribution >= 4 is 5.57 Å². The highest BCUT2D eigenvalue weighted by Crippen LogP contribution is 2.51. The Hall–Kier alpha value is -2.54. The normalized spacial score (nSPS) is 20.1. The van der Waals surface area contributed by atoms with Crippen LogP contribution in [0.5, 0.6) is 11.5 Å². The van der Waals surface area contributed by atoms with Crippen LogP contribution in [0.15, 0.2) is 48.0 Å². The second-order valence-electron chi connectivity index (χ2n) is 9.44. The van der Waals surface area contributed by atoms with Gasteiger partial charge in [-0.05, 0) is 73.4 Å². The number of benzene rings is 2. The molecule has 2 aromatic rings. The lowest BCUT2D eigenvalue weighted by atomic mass is 9.84. The van der Waals surface area contributed by atoms with Gasteiger partial charge in [0, 0.05) is 17.7 Å². The minimum atomic E-state index is -4.31. The highest BCUT2D eigenvalue weighted by molar-refractivity contribution is 5.79. The van der Waals surface area contributed by atoms with Crippen LogP contribution in [0.25, 0.3) is 5.57 Å². The van der Waals surface area contributed by atoms with E-state index in [1.54, 1.807) is 18.1 Å². The van der Waals surface area contributed by atoms with Gasteiger partial charge in [-0.15, -0.1) is 0 Å². The van der Waals surface area contributed by atoms with E-state index in [0.717, 1.165) is 47.1 Å². The molecule has 2 aromatic carbocycles. The number of unbranched alkanes of at least 4 members (excludes halogenated alkanes) is 3. The molecule has 1 aliphatic carbocycles. The van der Waals surface area contributed by atoms with E-state index in [9.17, 15) is 17.6 Å². The van der Waals surface area contributed by atoms with Crippen molar-refractivity contribution in [1.82, 2.24) is 4.90 Å². The number of methoxy groups -OCH3 is 1. The first-order chi connectivity index (χ1) is 16.8. The van der Waals surface area contributed by atoms with E-state index in [1.807, 2.05) is 31.2 Å². The maximum Gasteiger partial charge on any atom is 0.401 e. The van der Waals surface area contributed by atoms with Crippen LogP contribution in [0.3, 0.4) is 0 Å². The Bertz CT molecular complexity index is 1050. The SMILES string of the molecule is COc1cc(OCCCCCCF)ccc1[C@@H]1C2=C(C[C@@H](C)N1CC(F)(F)F)c1ccccc1C2. The molecule has 2 aliphatic rings. The number of fused-ring (bicyclic) bond motifs is 2. The molecule has 0 N–H and O–H groups in total. The average molecular weight is 492 g/mol. The van der Waals surface area contributed by atoms with Crippen molar-refractivity contribution in [3.63, 3.8) is 0 Å². The quantitative estimate of drug-likeness (QED) is 0.257. The molecule has 0 unspecified atom stereocenters. The van der Waals surface area contributed by atoms with Crippen molar-refractivity contribution < 1.29 is 27.0 Å². The highest BCUT2D eigenvalue weighted by Gasteiger charge is 2.44. The van der Waals surface area contributed by atoms with Gasteiger partial charge in [0.1, 0.15) is 11.5 Å². The van der Waals surface area contributed by atoms with Crippen LogP contribution < -0.4 is 9.47 Å². The minimum Gasteiger partial charge on any atom is -0.496 e. The first kappa shape index (κ1) is 25.5. The maximum atomic E-state index is 13.7. The van der Waals surface area contributed by atoms with Crippen LogP contribution in [0.4, 0.5) is 17.6 Å². The number of halogens is 4. The summed E-state index contributed by atoms with van der Waals surface area (Å²) in [7, 11) is 1.54. The zero-order valence-corrected chi connectivity index (χ0v) is 20.3. The average Bonchev–Trinajstić information content (AvgIpc) is 3.19. The summed E-state index contributed by atoms with van der Waals surface area (Å²) in [6, 6.07) is 12.7. The molecule has 0 radical (unpaired) electrons. The Balaban J connectivity index is 1.64. The molecular weight excluding hydrogens is 458 g/mol. The van der Waals surface area contributed by atoms with Gasteiger partial charge in [-0.25, -0.2) is 0 Å². The number of ether oxygens (including phenoxy) is 2. The molecule has 1 aliphatic heterocycles. The zero-order valence-electron chi connectivity index (χ0n) is 20.3. The van der Waals surface area contributed by atoms with E-state index in [0.29, 0.717) is 37.4 Å². The minimum absolute atomic E-state index is 0.281. The summed E-state index contributed by atoms with van der Waals surface area (Å²) in [5, 5.41) is 0. The summed E-state index contributed by atoms with van der Waals surface area (Å²) in [6.45, 7) is 1.09. The highest BCUT2D eigenvalue weighted by atomic mass is 19.4. The van der Waals surface area contributed by atoms with Crippen molar-refractivity contribution in [3.05, 3.63) is 64.7 Å². The third-order valence-electron chi connectivity index (χ3n) is 7.00. The summed E-state index contributed by atoms with van der Waals surface area (Å²) < 4.78 is 64.8. The molecule has 0 fully saturated rings. The molecular formula is C28H33F4NO2. The second-order valence-corrected chi connectivity index (χ2v) is 9.44. The lowest BCUT2D eigenvalue weighted by Gasteiger charge is -2.43. The Morgan fingerprint density at radius 1 is 1.03 bits per heavy atom. The Morgan fingerprint density at radius 3 is 2.54 bits per heavy atom. The summed E-state index contributed by atoms with van der Waals surface area (Å²) in [6.07, 6.45) is 0.0211. The molecule has 190 valence electrons. The van der Waals surface area contributed by atoms with E-state index >= 15 is 0 Å². The van der Waals surface area contributed by atoms with Gasteiger partial charge in [-0.1, -0.05) is 30.7 Å². The Morgan fingerprint density at radius 2 is 1.80 bits per heavy atom. The molecule has 4 rings (SSSR count). The lowest BCUT2D eigenvalue weighted by molar-refractivity contribution is -0.155. The molecule has 1 heterocycles. The van der Waals surface area contributed by atoms with Crippen LogP contribution in [0.2, 0.25) is 0 Å². The van der Waals surface area contributed by atoms with E-state index in [-0.39, 0.29) is 12.7 Å². The number of hydrogen-bond acceptors (Lipinski definition) is 3. The van der Waals surface area contributed by atoms with Gasteiger partial charge in [0.05, 0.1) is 33.0 Å². The molecule has 3 nitrogen and oxygen atoms in total. The Labute approximate surface area is 204 Å². The smallest absolute Gasteiger partial charge is 0.401 e. The summed E-state index contributed by atoms with van der Waals surface area (Å²) in [4.78, 5) is 1.56. The van der Waals surface area contributed by atoms with Gasteiger partial charge in [-0.3, -0.25) is 9.29 Å². The number of rotatable bonds is 10. The third-order valence-corrected chi connectivity index (χ3v) is 7.00. The van der Waals surface area contributed by atoms with Gasteiger partial charge in [0.15, 0.2) is 0 Å². The van der Waals surface area contributed by atoms with Crippen molar-refractivity contribution in [3.8, 4) is 11.5 Å². The van der Waals surface area contributed by atoms with E-state index in [4.69, 9.17) is 9.47 Å². The molecule has 0 amide bonds.